The Kier molecular flexibility index (Phi) is 6.76. The number of hydrogen-bond acceptors (Lipinski definition) is 7. The number of thioether (sulfide) groups is 1. The number of carbonyl (C=O) groups is 2. The summed E-state index contributed by atoms with van der Waals surface area (Å²) >= 11 is 6.66. The highest BCUT2D eigenvalue weighted by molar-refractivity contribution is 8.27. The topological polar surface area (TPSA) is 65.1 Å². The Morgan fingerprint density at radius 1 is 0.909 bits per heavy atom. The molecule has 8 heteroatoms. The number of carbonyl (C=O) groups excluding carboxylic acids is 2. The summed E-state index contributed by atoms with van der Waals surface area (Å²) in [5.74, 6) is 0.937. The van der Waals surface area contributed by atoms with Crippen molar-refractivity contribution < 1.29 is 23.8 Å². The minimum absolute atomic E-state index is 0.218. The lowest BCUT2D eigenvalue weighted by Gasteiger charge is -2.17. The lowest BCUT2D eigenvalue weighted by Crippen LogP contribution is -2.27. The van der Waals surface area contributed by atoms with Gasteiger partial charge >= 0.3 is 5.97 Å². The fourth-order valence-corrected chi connectivity index (χ4v) is 4.45. The van der Waals surface area contributed by atoms with Gasteiger partial charge in [-0.15, -0.1) is 0 Å². The van der Waals surface area contributed by atoms with E-state index in [1.165, 1.54) is 16.7 Å². The first-order valence-electron chi connectivity index (χ1n) is 9.87. The lowest BCUT2D eigenvalue weighted by molar-refractivity contribution is -0.113. The Balaban J connectivity index is 1.48. The molecule has 0 radical (unpaired) electrons. The van der Waals surface area contributed by atoms with Gasteiger partial charge in [-0.05, 0) is 60.2 Å². The molecule has 4 rings (SSSR count). The maximum absolute atomic E-state index is 13.0. The van der Waals surface area contributed by atoms with E-state index < -0.39 is 5.97 Å². The minimum atomic E-state index is -0.469. The number of nitrogens with zero attached hydrogens (tertiary/aromatic N) is 1. The van der Waals surface area contributed by atoms with E-state index in [-0.39, 0.29) is 5.91 Å². The molecule has 0 spiro atoms. The quantitative estimate of drug-likeness (QED) is 0.206. The Bertz CT molecular complexity index is 1240. The zero-order chi connectivity index (χ0) is 23.4. The number of benzene rings is 3. The third-order valence-electron chi connectivity index (χ3n) is 4.83. The summed E-state index contributed by atoms with van der Waals surface area (Å²) in [6.45, 7) is 0. The van der Waals surface area contributed by atoms with E-state index in [0.717, 1.165) is 5.56 Å². The second-order valence-corrected chi connectivity index (χ2v) is 8.55. The van der Waals surface area contributed by atoms with Crippen LogP contribution in [-0.2, 0) is 4.79 Å². The van der Waals surface area contributed by atoms with Crippen molar-refractivity contribution in [2.24, 2.45) is 0 Å². The van der Waals surface area contributed by atoms with E-state index in [1.807, 2.05) is 12.1 Å². The van der Waals surface area contributed by atoms with E-state index >= 15 is 0 Å². The van der Waals surface area contributed by atoms with Gasteiger partial charge in [-0.1, -0.05) is 48.2 Å². The number of rotatable bonds is 6. The second-order valence-electron chi connectivity index (χ2n) is 6.88. The molecule has 0 aliphatic carbocycles. The molecule has 0 bridgehead atoms. The first-order valence-corrected chi connectivity index (χ1v) is 11.1. The zero-order valence-electron chi connectivity index (χ0n) is 17.8. The van der Waals surface area contributed by atoms with Crippen LogP contribution in [0.2, 0.25) is 0 Å². The SMILES string of the molecule is COc1ccc(C(=O)Oc2ccc(/C=C3/SC(=S)N(c4ccccc4OC)C3=O)cc2)cc1. The van der Waals surface area contributed by atoms with Gasteiger partial charge in [0.05, 0.1) is 30.4 Å². The van der Waals surface area contributed by atoms with Gasteiger partial charge < -0.3 is 14.2 Å². The van der Waals surface area contributed by atoms with Gasteiger partial charge in [-0.2, -0.15) is 0 Å². The molecule has 1 aliphatic heterocycles. The van der Waals surface area contributed by atoms with Crippen molar-refractivity contribution >= 4 is 51.9 Å². The molecule has 3 aromatic rings. The standard InChI is InChI=1S/C25H19NO5S2/c1-29-18-13-9-17(10-14-18)24(28)31-19-11-7-16(8-12-19)15-22-23(27)26(25(32)33-22)20-5-3-4-6-21(20)30-2/h3-15H,1-2H3/b22-15+. The number of thiocarbonyl (C=S) groups is 1. The third kappa shape index (κ3) is 4.92. The number of anilines is 1. The van der Waals surface area contributed by atoms with Gasteiger partial charge in [0.15, 0.2) is 4.32 Å². The number of para-hydroxylation sites is 2. The Labute approximate surface area is 200 Å². The summed E-state index contributed by atoms with van der Waals surface area (Å²) in [4.78, 5) is 27.3. The largest absolute Gasteiger partial charge is 0.497 e. The Hall–Kier alpha value is -3.62. The summed E-state index contributed by atoms with van der Waals surface area (Å²) in [6, 6.07) is 20.8. The van der Waals surface area contributed by atoms with Crippen LogP contribution >= 0.6 is 24.0 Å². The molecule has 0 N–H and O–H groups in total. The van der Waals surface area contributed by atoms with Gasteiger partial charge in [-0.3, -0.25) is 9.69 Å². The highest BCUT2D eigenvalue weighted by Gasteiger charge is 2.34. The summed E-state index contributed by atoms with van der Waals surface area (Å²) in [6.07, 6.45) is 1.75. The molecular weight excluding hydrogens is 458 g/mol. The molecule has 0 unspecified atom stereocenters. The lowest BCUT2D eigenvalue weighted by atomic mass is 10.2. The number of esters is 1. The fraction of sp³-hybridized carbons (Fsp3) is 0.0800. The van der Waals surface area contributed by atoms with Crippen molar-refractivity contribution in [1.29, 1.82) is 0 Å². The summed E-state index contributed by atoms with van der Waals surface area (Å²) < 4.78 is 16.3. The number of hydrogen-bond donors (Lipinski definition) is 0. The van der Waals surface area contributed by atoms with Crippen LogP contribution in [0.15, 0.2) is 77.7 Å². The maximum atomic E-state index is 13.0. The molecule has 1 aliphatic rings. The molecule has 1 fully saturated rings. The normalized spacial score (nSPS) is 14.5. The monoisotopic (exact) mass is 477 g/mol. The number of amides is 1. The van der Waals surface area contributed by atoms with Crippen LogP contribution < -0.4 is 19.1 Å². The molecule has 166 valence electrons. The molecule has 1 amide bonds. The van der Waals surface area contributed by atoms with Crippen LogP contribution in [-0.4, -0.2) is 30.4 Å². The Morgan fingerprint density at radius 3 is 2.24 bits per heavy atom. The van der Waals surface area contributed by atoms with Crippen LogP contribution in [0, 0.1) is 0 Å². The maximum Gasteiger partial charge on any atom is 0.343 e. The molecule has 0 saturated carbocycles. The van der Waals surface area contributed by atoms with Crippen LogP contribution in [0.4, 0.5) is 5.69 Å². The zero-order valence-corrected chi connectivity index (χ0v) is 19.4. The molecule has 1 heterocycles. The molecule has 33 heavy (non-hydrogen) atoms. The average molecular weight is 478 g/mol. The van der Waals surface area contributed by atoms with Crippen LogP contribution in [0.1, 0.15) is 15.9 Å². The second kappa shape index (κ2) is 9.89. The van der Waals surface area contributed by atoms with Crippen molar-refractivity contribution in [3.05, 3.63) is 88.8 Å². The van der Waals surface area contributed by atoms with Crippen LogP contribution in [0.5, 0.6) is 17.2 Å². The molecule has 6 nitrogen and oxygen atoms in total. The van der Waals surface area contributed by atoms with Gasteiger partial charge in [0.2, 0.25) is 0 Å². The first-order chi connectivity index (χ1) is 16.0. The van der Waals surface area contributed by atoms with Gasteiger partial charge in [0, 0.05) is 0 Å². The average Bonchev–Trinajstić information content (AvgIpc) is 3.12. The number of methoxy groups -OCH3 is 2. The predicted octanol–water partition coefficient (Wildman–Crippen LogP) is 5.33. The fourth-order valence-electron chi connectivity index (χ4n) is 3.17. The van der Waals surface area contributed by atoms with Gasteiger partial charge in [0.25, 0.3) is 5.91 Å². The van der Waals surface area contributed by atoms with E-state index in [4.69, 9.17) is 26.4 Å². The van der Waals surface area contributed by atoms with Gasteiger partial charge in [-0.25, -0.2) is 4.79 Å². The summed E-state index contributed by atoms with van der Waals surface area (Å²) in [5, 5.41) is 0. The number of ether oxygens (including phenoxy) is 3. The Morgan fingerprint density at radius 2 is 1.58 bits per heavy atom. The van der Waals surface area contributed by atoms with Crippen molar-refractivity contribution in [2.45, 2.75) is 0 Å². The van der Waals surface area contributed by atoms with Crippen LogP contribution in [0.25, 0.3) is 6.08 Å². The molecule has 3 aromatic carbocycles. The first kappa shape index (κ1) is 22.6. The molecule has 0 aromatic heterocycles. The van der Waals surface area contributed by atoms with E-state index in [1.54, 1.807) is 81.0 Å². The smallest absolute Gasteiger partial charge is 0.343 e. The van der Waals surface area contributed by atoms with Crippen molar-refractivity contribution in [1.82, 2.24) is 0 Å². The summed E-state index contributed by atoms with van der Waals surface area (Å²) in [7, 11) is 3.11. The van der Waals surface area contributed by atoms with E-state index in [9.17, 15) is 9.59 Å². The van der Waals surface area contributed by atoms with Crippen molar-refractivity contribution in [3.63, 3.8) is 0 Å². The highest BCUT2D eigenvalue weighted by Crippen LogP contribution is 2.39. The molecule has 0 atom stereocenters. The molecule has 1 saturated heterocycles. The third-order valence-corrected chi connectivity index (χ3v) is 6.14. The molecular formula is C25H19NO5S2. The van der Waals surface area contributed by atoms with Gasteiger partial charge in [0.1, 0.15) is 17.2 Å². The van der Waals surface area contributed by atoms with Crippen LogP contribution in [0.3, 0.4) is 0 Å². The minimum Gasteiger partial charge on any atom is -0.497 e. The van der Waals surface area contributed by atoms with Crippen molar-refractivity contribution in [3.8, 4) is 17.2 Å². The van der Waals surface area contributed by atoms with E-state index in [2.05, 4.69) is 0 Å². The highest BCUT2D eigenvalue weighted by atomic mass is 32.2. The summed E-state index contributed by atoms with van der Waals surface area (Å²) in [5.41, 5.74) is 1.80. The van der Waals surface area contributed by atoms with Crippen molar-refractivity contribution in [2.75, 3.05) is 19.1 Å². The van der Waals surface area contributed by atoms with E-state index in [0.29, 0.717) is 37.7 Å². The predicted molar refractivity (Wildman–Crippen MR) is 133 cm³/mol.